The maximum Gasteiger partial charge on any atom is 0.417 e. The fourth-order valence-corrected chi connectivity index (χ4v) is 7.24. The smallest absolute Gasteiger partial charge is 0.310 e. The van der Waals surface area contributed by atoms with Crippen molar-refractivity contribution in [3.05, 3.63) is 217 Å². The van der Waals surface area contributed by atoms with Crippen molar-refractivity contribution in [1.29, 1.82) is 0 Å². The molecule has 2 nitrogen and oxygen atoms in total. The summed E-state index contributed by atoms with van der Waals surface area (Å²) in [7, 11) is 0. The Labute approximate surface area is 326 Å². The van der Waals surface area contributed by atoms with E-state index in [1.54, 1.807) is 24.3 Å². The first-order valence-corrected chi connectivity index (χ1v) is 18.6. The van der Waals surface area contributed by atoms with Crippen molar-refractivity contribution < 1.29 is 13.2 Å². The lowest BCUT2D eigenvalue weighted by molar-refractivity contribution is -0.137. The van der Waals surface area contributed by atoms with Gasteiger partial charge in [0.1, 0.15) is 0 Å². The van der Waals surface area contributed by atoms with Gasteiger partial charge in [-0.25, -0.2) is 0 Å². The summed E-state index contributed by atoms with van der Waals surface area (Å²) in [5, 5.41) is 0. The molecule has 0 aromatic heterocycles. The van der Waals surface area contributed by atoms with Crippen LogP contribution in [-0.2, 0) is 6.18 Å². The van der Waals surface area contributed by atoms with Crippen molar-refractivity contribution >= 4 is 34.1 Å². The first-order valence-electron chi connectivity index (χ1n) is 18.6. The molecule has 0 aliphatic heterocycles. The molecular formula is C51H39F3N2. The molecule has 56 heavy (non-hydrogen) atoms. The van der Waals surface area contributed by atoms with Crippen LogP contribution in [0, 0.1) is 13.8 Å². The van der Waals surface area contributed by atoms with E-state index in [1.807, 2.05) is 146 Å². The van der Waals surface area contributed by atoms with Crippen LogP contribution >= 0.6 is 0 Å². The maximum absolute atomic E-state index is 15.1. The van der Waals surface area contributed by atoms with Crippen LogP contribution in [0.5, 0.6) is 0 Å². The van der Waals surface area contributed by atoms with E-state index in [-0.39, 0.29) is 5.56 Å². The van der Waals surface area contributed by atoms with Gasteiger partial charge in [-0.3, -0.25) is 0 Å². The van der Waals surface area contributed by atoms with Gasteiger partial charge >= 0.3 is 6.18 Å². The van der Waals surface area contributed by atoms with E-state index in [4.69, 9.17) is 0 Å². The SMILES string of the molecule is Cc1cccc(N(c2ccc(-c3ccccc3)cc2)c2ccc(-c3ccc(N(c4ccc(-c5ccccc5)cc4)c4cccc(C)c4)cc3C(F)(F)F)cc2)c1. The zero-order valence-electron chi connectivity index (χ0n) is 31.1. The van der Waals surface area contributed by atoms with Crippen LogP contribution in [0.25, 0.3) is 33.4 Å². The van der Waals surface area contributed by atoms with Gasteiger partial charge in [0.05, 0.1) is 5.56 Å². The normalized spacial score (nSPS) is 11.3. The zero-order valence-corrected chi connectivity index (χ0v) is 31.1. The Morgan fingerprint density at radius 1 is 0.321 bits per heavy atom. The monoisotopic (exact) mass is 736 g/mol. The molecule has 0 amide bonds. The van der Waals surface area contributed by atoms with Gasteiger partial charge in [0.25, 0.3) is 0 Å². The molecule has 8 aromatic carbocycles. The molecular weight excluding hydrogens is 698 g/mol. The van der Waals surface area contributed by atoms with Crippen LogP contribution in [0.15, 0.2) is 200 Å². The summed E-state index contributed by atoms with van der Waals surface area (Å²) >= 11 is 0. The molecule has 0 spiro atoms. The Hall–Kier alpha value is -6.85. The quantitative estimate of drug-likeness (QED) is 0.146. The highest BCUT2D eigenvalue weighted by atomic mass is 19.4. The summed E-state index contributed by atoms with van der Waals surface area (Å²) < 4.78 is 45.3. The van der Waals surface area contributed by atoms with E-state index in [0.29, 0.717) is 11.3 Å². The molecule has 0 saturated heterocycles. The Morgan fingerprint density at radius 3 is 1.09 bits per heavy atom. The van der Waals surface area contributed by atoms with Crippen LogP contribution in [-0.4, -0.2) is 0 Å². The van der Waals surface area contributed by atoms with E-state index in [0.717, 1.165) is 61.8 Å². The molecule has 5 heteroatoms. The third-order valence-electron chi connectivity index (χ3n) is 9.99. The highest BCUT2D eigenvalue weighted by Crippen LogP contribution is 2.44. The molecule has 8 aromatic rings. The van der Waals surface area contributed by atoms with E-state index >= 15 is 13.2 Å². The molecule has 0 radical (unpaired) electrons. The molecule has 0 fully saturated rings. The fraction of sp³-hybridized carbons (Fsp3) is 0.0588. The van der Waals surface area contributed by atoms with Gasteiger partial charge in [-0.05, 0) is 131 Å². The van der Waals surface area contributed by atoms with E-state index in [9.17, 15) is 0 Å². The number of anilines is 6. The standard InChI is InChI=1S/C51H39F3N2/c1-36-11-9-17-46(33-36)55(43-25-19-40(20-26-43)38-13-5-3-6-14-38)44-29-23-42(24-30-44)49-32-31-48(35-50(49)51(52,53)54)56(47-18-10-12-37(2)34-47)45-27-21-41(22-28-45)39-15-7-4-8-16-39/h3-35H,1-2H3. The average Bonchev–Trinajstić information content (AvgIpc) is 3.22. The second-order valence-electron chi connectivity index (χ2n) is 13.9. The molecule has 0 saturated carbocycles. The summed E-state index contributed by atoms with van der Waals surface area (Å²) in [6, 6.07) is 64.5. The summed E-state index contributed by atoms with van der Waals surface area (Å²) in [6.45, 7) is 4.03. The van der Waals surface area contributed by atoms with Gasteiger partial charge in [-0.1, -0.05) is 127 Å². The van der Waals surface area contributed by atoms with Gasteiger partial charge in [0.2, 0.25) is 0 Å². The summed E-state index contributed by atoms with van der Waals surface area (Å²) in [5.74, 6) is 0. The van der Waals surface area contributed by atoms with Crippen LogP contribution in [0.4, 0.5) is 47.3 Å². The lowest BCUT2D eigenvalue weighted by atomic mass is 9.97. The van der Waals surface area contributed by atoms with Gasteiger partial charge in [-0.2, -0.15) is 13.2 Å². The topological polar surface area (TPSA) is 6.48 Å². The predicted octanol–water partition coefficient (Wildman–Crippen LogP) is 15.3. The van der Waals surface area contributed by atoms with Gasteiger partial charge in [0, 0.05) is 34.1 Å². The van der Waals surface area contributed by atoms with Crippen molar-refractivity contribution in [3.8, 4) is 33.4 Å². The Morgan fingerprint density at radius 2 is 0.679 bits per heavy atom. The van der Waals surface area contributed by atoms with Crippen LogP contribution in [0.3, 0.4) is 0 Å². The van der Waals surface area contributed by atoms with E-state index in [2.05, 4.69) is 47.4 Å². The van der Waals surface area contributed by atoms with Crippen molar-refractivity contribution in [1.82, 2.24) is 0 Å². The number of rotatable bonds is 9. The minimum absolute atomic E-state index is 0.116. The molecule has 0 aliphatic rings. The lowest BCUT2D eigenvalue weighted by Crippen LogP contribution is -2.13. The van der Waals surface area contributed by atoms with Gasteiger partial charge < -0.3 is 9.80 Å². The first kappa shape index (κ1) is 36.1. The number of aryl methyl sites for hydroxylation is 2. The molecule has 274 valence electrons. The Balaban J connectivity index is 1.17. The predicted molar refractivity (Wildman–Crippen MR) is 227 cm³/mol. The molecule has 0 heterocycles. The van der Waals surface area contributed by atoms with Crippen molar-refractivity contribution in [2.75, 3.05) is 9.80 Å². The number of benzene rings is 8. The van der Waals surface area contributed by atoms with Crippen LogP contribution in [0.1, 0.15) is 16.7 Å². The number of halogens is 3. The van der Waals surface area contributed by atoms with Crippen molar-refractivity contribution in [3.63, 3.8) is 0 Å². The average molecular weight is 737 g/mol. The summed E-state index contributed by atoms with van der Waals surface area (Å²) in [5.41, 5.74) is 11.0. The van der Waals surface area contributed by atoms with Gasteiger partial charge in [0.15, 0.2) is 0 Å². The summed E-state index contributed by atoms with van der Waals surface area (Å²) in [4.78, 5) is 4.01. The zero-order chi connectivity index (χ0) is 38.6. The Kier molecular flexibility index (Phi) is 9.99. The lowest BCUT2D eigenvalue weighted by Gasteiger charge is -2.28. The third-order valence-corrected chi connectivity index (χ3v) is 9.99. The van der Waals surface area contributed by atoms with Crippen molar-refractivity contribution in [2.45, 2.75) is 20.0 Å². The van der Waals surface area contributed by atoms with Crippen LogP contribution in [0.2, 0.25) is 0 Å². The number of nitrogens with zero attached hydrogens (tertiary/aromatic N) is 2. The first-order chi connectivity index (χ1) is 27.2. The maximum atomic E-state index is 15.1. The molecule has 0 unspecified atom stereocenters. The van der Waals surface area contributed by atoms with Gasteiger partial charge in [-0.15, -0.1) is 0 Å². The Bertz CT molecular complexity index is 2560. The minimum Gasteiger partial charge on any atom is -0.310 e. The minimum atomic E-state index is -4.60. The van der Waals surface area contributed by atoms with Crippen LogP contribution < -0.4 is 9.80 Å². The highest BCUT2D eigenvalue weighted by molar-refractivity contribution is 5.83. The molecule has 0 aliphatic carbocycles. The fourth-order valence-electron chi connectivity index (χ4n) is 7.24. The van der Waals surface area contributed by atoms with Crippen molar-refractivity contribution in [2.24, 2.45) is 0 Å². The summed E-state index contributed by atoms with van der Waals surface area (Å²) in [6.07, 6.45) is -4.60. The molecule has 0 N–H and O–H groups in total. The highest BCUT2D eigenvalue weighted by Gasteiger charge is 2.35. The number of hydrogen-bond donors (Lipinski definition) is 0. The molecule has 0 bridgehead atoms. The number of hydrogen-bond acceptors (Lipinski definition) is 2. The second-order valence-corrected chi connectivity index (χ2v) is 13.9. The largest absolute Gasteiger partial charge is 0.417 e. The third kappa shape index (κ3) is 7.71. The van der Waals surface area contributed by atoms with E-state index in [1.165, 1.54) is 6.07 Å². The molecule has 8 rings (SSSR count). The molecule has 0 atom stereocenters. The van der Waals surface area contributed by atoms with E-state index < -0.39 is 11.7 Å². The second kappa shape index (κ2) is 15.5. The number of alkyl halides is 3.